The van der Waals surface area contributed by atoms with Gasteiger partial charge in [0.1, 0.15) is 11.5 Å². The summed E-state index contributed by atoms with van der Waals surface area (Å²) >= 11 is 20.6. The number of halogens is 3. The summed E-state index contributed by atoms with van der Waals surface area (Å²) in [5.74, 6) is 0.760. The van der Waals surface area contributed by atoms with Crippen molar-refractivity contribution in [2.24, 2.45) is 0 Å². The third-order valence-corrected chi connectivity index (χ3v) is 9.49. The molecule has 0 bridgehead atoms. The van der Waals surface area contributed by atoms with Crippen LogP contribution in [0.3, 0.4) is 0 Å². The Morgan fingerprint density at radius 1 is 1.02 bits per heavy atom. The van der Waals surface area contributed by atoms with Gasteiger partial charge < -0.3 is 24.8 Å². The zero-order chi connectivity index (χ0) is 34.8. The maximum atomic E-state index is 12.1. The lowest BCUT2D eigenvalue weighted by Crippen LogP contribution is -2.41. The van der Waals surface area contributed by atoms with E-state index >= 15 is 0 Å². The number of methoxy groups -OCH3 is 2. The number of rotatable bonds is 10. The Morgan fingerprint density at radius 2 is 1.80 bits per heavy atom. The van der Waals surface area contributed by atoms with Gasteiger partial charge in [-0.1, -0.05) is 65.1 Å². The van der Waals surface area contributed by atoms with E-state index in [4.69, 9.17) is 49.3 Å². The molecular weight excluding hydrogens is 691 g/mol. The normalized spacial score (nSPS) is 14.1. The highest BCUT2D eigenvalue weighted by Crippen LogP contribution is 2.43. The van der Waals surface area contributed by atoms with Crippen LogP contribution < -0.4 is 14.8 Å². The van der Waals surface area contributed by atoms with E-state index in [1.807, 2.05) is 18.2 Å². The molecule has 5 aromatic rings. The maximum Gasteiger partial charge on any atom is 0.407 e. The number of amides is 2. The van der Waals surface area contributed by atoms with Crippen LogP contribution in [0.25, 0.3) is 44.5 Å². The molecule has 1 saturated heterocycles. The summed E-state index contributed by atoms with van der Waals surface area (Å²) in [6, 6.07) is 17.5. The monoisotopic (exact) mass is 718 g/mol. The van der Waals surface area contributed by atoms with Crippen molar-refractivity contribution in [1.29, 1.82) is 0 Å². The van der Waals surface area contributed by atoms with Gasteiger partial charge in [0.25, 0.3) is 0 Å². The number of aromatic nitrogens is 2. The highest BCUT2D eigenvalue weighted by Gasteiger charge is 2.26. The van der Waals surface area contributed by atoms with E-state index in [0.717, 1.165) is 0 Å². The quantitative estimate of drug-likeness (QED) is 0.138. The van der Waals surface area contributed by atoms with Crippen molar-refractivity contribution in [3.63, 3.8) is 0 Å². The first-order valence-electron chi connectivity index (χ1n) is 15.1. The molecule has 0 radical (unpaired) electrons. The third-order valence-electron chi connectivity index (χ3n) is 8.41. The number of hydrogen-bond acceptors (Lipinski definition) is 7. The molecule has 13 heteroatoms. The van der Waals surface area contributed by atoms with Gasteiger partial charge in [-0.3, -0.25) is 14.6 Å². The van der Waals surface area contributed by atoms with Crippen molar-refractivity contribution in [3.05, 3.63) is 93.1 Å². The maximum absolute atomic E-state index is 12.1. The third kappa shape index (κ3) is 6.72. The molecule has 2 amide bonds. The average Bonchev–Trinajstić information content (AvgIpc) is 3.52. The first-order chi connectivity index (χ1) is 23.6. The van der Waals surface area contributed by atoms with E-state index < -0.39 is 6.09 Å². The fraction of sp³-hybridized carbons (Fsp3) is 0.194. The smallest absolute Gasteiger partial charge is 0.407 e. The van der Waals surface area contributed by atoms with Crippen molar-refractivity contribution in [1.82, 2.24) is 20.2 Å². The van der Waals surface area contributed by atoms with Crippen molar-refractivity contribution >= 4 is 64.0 Å². The number of pyridine rings is 2. The largest absolute Gasteiger partial charge is 0.496 e. The summed E-state index contributed by atoms with van der Waals surface area (Å²) in [4.78, 5) is 45.8. The van der Waals surface area contributed by atoms with Gasteiger partial charge in [0.05, 0.1) is 58.3 Å². The molecule has 2 aromatic heterocycles. The highest BCUT2D eigenvalue weighted by atomic mass is 35.5. The van der Waals surface area contributed by atoms with E-state index in [9.17, 15) is 19.5 Å². The topological polar surface area (TPSA) is 131 Å². The molecule has 3 aromatic carbocycles. The molecule has 1 atom stereocenters. The standard InChI is InChI=1S/C36H29Cl3N4O6/c1-48-29-15-19(6-7-20(29)16-43(36(46)47)17-22-8-11-30(45)41-22)33-32(39)24(12-13-40-33)23-4-3-5-25(31(23)38)28-10-9-26-34(42-28)27(37)14-21(18-44)35(26)49-2/h3-7,9-10,12-15,18,22H,8,11,16-17H2,1-2H3,(H,41,45)(H,46,47)/t22-/m0/s1. The fourth-order valence-electron chi connectivity index (χ4n) is 6.03. The Hall–Kier alpha value is -4.90. The Balaban J connectivity index is 1.33. The number of ether oxygens (including phenoxy) is 2. The summed E-state index contributed by atoms with van der Waals surface area (Å²) < 4.78 is 11.1. The number of nitrogens with one attached hydrogen (secondary N) is 1. The molecule has 49 heavy (non-hydrogen) atoms. The first kappa shape index (κ1) is 34.0. The lowest BCUT2D eigenvalue weighted by Gasteiger charge is -2.24. The number of carboxylic acid groups (broad SMARTS) is 1. The minimum atomic E-state index is -1.10. The van der Waals surface area contributed by atoms with Gasteiger partial charge in [-0.15, -0.1) is 0 Å². The zero-order valence-corrected chi connectivity index (χ0v) is 28.6. The summed E-state index contributed by atoms with van der Waals surface area (Å²) in [5, 5.41) is 14.3. The van der Waals surface area contributed by atoms with E-state index in [0.29, 0.717) is 101 Å². The summed E-state index contributed by atoms with van der Waals surface area (Å²) in [5.41, 5.74) is 5.02. The van der Waals surface area contributed by atoms with Crippen LogP contribution in [0.2, 0.25) is 15.1 Å². The summed E-state index contributed by atoms with van der Waals surface area (Å²) in [6.45, 7) is 0.228. The van der Waals surface area contributed by atoms with Crippen molar-refractivity contribution < 1.29 is 29.0 Å². The van der Waals surface area contributed by atoms with Crippen LogP contribution >= 0.6 is 34.8 Å². The van der Waals surface area contributed by atoms with Crippen LogP contribution in [0.4, 0.5) is 4.79 Å². The number of benzene rings is 3. The van der Waals surface area contributed by atoms with Crippen molar-refractivity contribution in [3.8, 4) is 45.1 Å². The molecule has 0 saturated carbocycles. The van der Waals surface area contributed by atoms with Gasteiger partial charge in [0.2, 0.25) is 5.91 Å². The van der Waals surface area contributed by atoms with Gasteiger partial charge in [-0.05, 0) is 36.8 Å². The molecule has 6 rings (SSSR count). The van der Waals surface area contributed by atoms with Crippen molar-refractivity contribution in [2.45, 2.75) is 25.4 Å². The van der Waals surface area contributed by atoms with Gasteiger partial charge in [0, 0.05) is 58.4 Å². The Bertz CT molecular complexity index is 2130. The van der Waals surface area contributed by atoms with E-state index in [-0.39, 0.29) is 25.0 Å². The van der Waals surface area contributed by atoms with E-state index in [1.54, 1.807) is 42.6 Å². The van der Waals surface area contributed by atoms with Crippen LogP contribution in [0.1, 0.15) is 28.8 Å². The number of carbonyl (C=O) groups excluding carboxylic acids is 2. The molecule has 2 N–H and O–H groups in total. The molecule has 10 nitrogen and oxygen atoms in total. The number of hydrogen-bond donors (Lipinski definition) is 2. The van der Waals surface area contributed by atoms with Gasteiger partial charge in [-0.2, -0.15) is 0 Å². The van der Waals surface area contributed by atoms with Crippen LogP contribution in [-0.2, 0) is 11.3 Å². The second-order valence-electron chi connectivity index (χ2n) is 11.4. The molecule has 1 aliphatic heterocycles. The number of carbonyl (C=O) groups is 3. The minimum absolute atomic E-state index is 0.0633. The predicted octanol–water partition coefficient (Wildman–Crippen LogP) is 8.18. The Kier molecular flexibility index (Phi) is 9.91. The Labute approximate surface area is 296 Å². The molecule has 250 valence electrons. The molecule has 0 spiro atoms. The lowest BCUT2D eigenvalue weighted by molar-refractivity contribution is -0.119. The van der Waals surface area contributed by atoms with Gasteiger partial charge >= 0.3 is 6.09 Å². The van der Waals surface area contributed by atoms with Gasteiger partial charge in [0.15, 0.2) is 6.29 Å². The minimum Gasteiger partial charge on any atom is -0.496 e. The van der Waals surface area contributed by atoms with E-state index in [1.165, 1.54) is 25.2 Å². The van der Waals surface area contributed by atoms with Crippen LogP contribution in [-0.4, -0.2) is 65.1 Å². The van der Waals surface area contributed by atoms with Crippen LogP contribution in [0.15, 0.2) is 66.9 Å². The zero-order valence-electron chi connectivity index (χ0n) is 26.3. The van der Waals surface area contributed by atoms with Gasteiger partial charge in [-0.25, -0.2) is 9.78 Å². The second kappa shape index (κ2) is 14.3. The van der Waals surface area contributed by atoms with E-state index in [2.05, 4.69) is 10.3 Å². The lowest BCUT2D eigenvalue weighted by atomic mass is 9.99. The number of fused-ring (bicyclic) bond motifs is 1. The number of nitrogens with zero attached hydrogens (tertiary/aromatic N) is 3. The SMILES string of the molecule is COc1cc(-c2nccc(-c3cccc(-c4ccc5c(OC)c(C=O)cc(Cl)c5n4)c3Cl)c2Cl)ccc1CN(C[C@@H]1CCC(=O)N1)C(=O)O. The highest BCUT2D eigenvalue weighted by molar-refractivity contribution is 6.39. The Morgan fingerprint density at radius 3 is 2.49 bits per heavy atom. The average molecular weight is 720 g/mol. The summed E-state index contributed by atoms with van der Waals surface area (Å²) in [6.07, 6.45) is 2.18. The summed E-state index contributed by atoms with van der Waals surface area (Å²) in [7, 11) is 2.99. The molecule has 1 fully saturated rings. The van der Waals surface area contributed by atoms with Crippen LogP contribution in [0, 0.1) is 0 Å². The molecule has 3 heterocycles. The van der Waals surface area contributed by atoms with Crippen molar-refractivity contribution in [2.75, 3.05) is 20.8 Å². The van der Waals surface area contributed by atoms with Crippen LogP contribution in [0.5, 0.6) is 11.5 Å². The first-order valence-corrected chi connectivity index (χ1v) is 16.3. The number of aldehydes is 1. The fourth-order valence-corrected chi connectivity index (χ4v) is 6.93. The molecule has 0 aliphatic carbocycles. The molecule has 1 aliphatic rings. The molecular formula is C36H29Cl3N4O6. The molecule has 0 unspecified atom stereocenters. The predicted molar refractivity (Wildman–Crippen MR) is 189 cm³/mol. The second-order valence-corrected chi connectivity index (χ2v) is 12.5.